The molecule has 1 rings (SSSR count). The maximum atomic E-state index is 4.17. The number of aryl methyl sites for hydroxylation is 1. The van der Waals surface area contributed by atoms with Gasteiger partial charge in [0, 0.05) is 5.69 Å². The molecule has 0 atom stereocenters. The van der Waals surface area contributed by atoms with Crippen molar-refractivity contribution in [2.24, 2.45) is 0 Å². The third-order valence-electron chi connectivity index (χ3n) is 1.66. The summed E-state index contributed by atoms with van der Waals surface area (Å²) >= 11 is 0. The SMILES string of the molecule is C/C=C\C(C)=C/c1nc[nH]c1C.CC. The van der Waals surface area contributed by atoms with Gasteiger partial charge in [0.25, 0.3) is 0 Å². The van der Waals surface area contributed by atoms with E-state index in [1.54, 1.807) is 6.33 Å². The first-order valence-electron chi connectivity index (χ1n) is 5.05. The number of nitrogens with zero attached hydrogens (tertiary/aromatic N) is 1. The average Bonchev–Trinajstić information content (AvgIpc) is 2.56. The molecule has 2 nitrogen and oxygen atoms in total. The van der Waals surface area contributed by atoms with Crippen LogP contribution in [0.4, 0.5) is 0 Å². The lowest BCUT2D eigenvalue weighted by molar-refractivity contribution is 1.25. The van der Waals surface area contributed by atoms with Gasteiger partial charge in [-0.1, -0.05) is 26.0 Å². The van der Waals surface area contributed by atoms with Gasteiger partial charge >= 0.3 is 0 Å². The van der Waals surface area contributed by atoms with Crippen LogP contribution in [0.1, 0.15) is 39.1 Å². The zero-order valence-corrected chi connectivity index (χ0v) is 9.76. The number of hydrogen-bond donors (Lipinski definition) is 1. The van der Waals surface area contributed by atoms with Crippen molar-refractivity contribution in [3.8, 4) is 0 Å². The molecule has 0 amide bonds. The van der Waals surface area contributed by atoms with Crippen LogP contribution in [-0.2, 0) is 0 Å². The van der Waals surface area contributed by atoms with Crippen molar-refractivity contribution in [1.29, 1.82) is 0 Å². The molecular weight excluding hydrogens is 172 g/mol. The summed E-state index contributed by atoms with van der Waals surface area (Å²) in [4.78, 5) is 7.21. The summed E-state index contributed by atoms with van der Waals surface area (Å²) in [7, 11) is 0. The van der Waals surface area contributed by atoms with Crippen molar-refractivity contribution in [1.82, 2.24) is 9.97 Å². The second kappa shape index (κ2) is 7.13. The van der Waals surface area contributed by atoms with Crippen molar-refractivity contribution in [3.05, 3.63) is 35.4 Å². The Morgan fingerprint density at radius 3 is 2.50 bits per heavy atom. The van der Waals surface area contributed by atoms with Crippen LogP contribution in [0.3, 0.4) is 0 Å². The lowest BCUT2D eigenvalue weighted by atomic mass is 10.2. The molecule has 1 heterocycles. The van der Waals surface area contributed by atoms with Gasteiger partial charge in [-0.25, -0.2) is 4.98 Å². The number of hydrogen-bond acceptors (Lipinski definition) is 1. The largest absolute Gasteiger partial charge is 0.348 e. The van der Waals surface area contributed by atoms with Crippen LogP contribution >= 0.6 is 0 Å². The highest BCUT2D eigenvalue weighted by Crippen LogP contribution is 2.07. The highest BCUT2D eigenvalue weighted by molar-refractivity contribution is 5.53. The fourth-order valence-corrected chi connectivity index (χ4v) is 1.04. The normalized spacial score (nSPS) is 11.4. The second-order valence-corrected chi connectivity index (χ2v) is 2.80. The van der Waals surface area contributed by atoms with E-state index in [9.17, 15) is 0 Å². The quantitative estimate of drug-likeness (QED) is 0.711. The zero-order valence-electron chi connectivity index (χ0n) is 9.76. The van der Waals surface area contributed by atoms with Gasteiger partial charge in [0.1, 0.15) is 0 Å². The Morgan fingerprint density at radius 2 is 2.07 bits per heavy atom. The summed E-state index contributed by atoms with van der Waals surface area (Å²) < 4.78 is 0. The third-order valence-corrected chi connectivity index (χ3v) is 1.66. The van der Waals surface area contributed by atoms with Crippen molar-refractivity contribution < 1.29 is 0 Å². The Morgan fingerprint density at radius 1 is 1.43 bits per heavy atom. The van der Waals surface area contributed by atoms with E-state index in [0.29, 0.717) is 0 Å². The molecule has 0 saturated carbocycles. The minimum absolute atomic E-state index is 1.02. The molecule has 1 aromatic heterocycles. The Kier molecular flexibility index (Phi) is 6.46. The zero-order chi connectivity index (χ0) is 11.0. The topological polar surface area (TPSA) is 28.7 Å². The van der Waals surface area contributed by atoms with Crippen molar-refractivity contribution >= 4 is 6.08 Å². The summed E-state index contributed by atoms with van der Waals surface area (Å²) in [5.41, 5.74) is 3.34. The van der Waals surface area contributed by atoms with Gasteiger partial charge in [-0.05, 0) is 32.4 Å². The van der Waals surface area contributed by atoms with Crippen LogP contribution in [0.15, 0.2) is 24.1 Å². The van der Waals surface area contributed by atoms with E-state index >= 15 is 0 Å². The van der Waals surface area contributed by atoms with Gasteiger partial charge in [-0.15, -0.1) is 0 Å². The van der Waals surface area contributed by atoms with E-state index in [1.165, 1.54) is 5.57 Å². The average molecular weight is 192 g/mol. The van der Waals surface area contributed by atoms with Crippen molar-refractivity contribution in [2.45, 2.75) is 34.6 Å². The minimum Gasteiger partial charge on any atom is -0.348 e. The Labute approximate surface area is 86.8 Å². The number of aromatic amines is 1. The van der Waals surface area contributed by atoms with Crippen molar-refractivity contribution in [3.63, 3.8) is 0 Å². The van der Waals surface area contributed by atoms with Crippen molar-refractivity contribution in [2.75, 3.05) is 0 Å². The molecule has 0 saturated heterocycles. The highest BCUT2D eigenvalue weighted by atomic mass is 14.9. The third kappa shape index (κ3) is 4.08. The Bertz CT molecular complexity index is 306. The van der Waals surface area contributed by atoms with E-state index in [2.05, 4.69) is 29.0 Å². The number of nitrogens with one attached hydrogen (secondary N) is 1. The molecule has 0 aliphatic heterocycles. The molecule has 0 radical (unpaired) electrons. The molecule has 1 N–H and O–H groups in total. The molecule has 0 fully saturated rings. The minimum atomic E-state index is 1.02. The predicted molar refractivity (Wildman–Crippen MR) is 63.1 cm³/mol. The van der Waals surface area contributed by atoms with Gasteiger partial charge < -0.3 is 4.98 Å². The molecule has 0 aliphatic carbocycles. The molecule has 0 aliphatic rings. The first-order valence-corrected chi connectivity index (χ1v) is 5.05. The van der Waals surface area contributed by atoms with Crippen LogP contribution < -0.4 is 0 Å². The number of aromatic nitrogens is 2. The fourth-order valence-electron chi connectivity index (χ4n) is 1.04. The summed E-state index contributed by atoms with van der Waals surface area (Å²) in [5, 5.41) is 0. The molecule has 0 spiro atoms. The maximum absolute atomic E-state index is 4.17. The smallest absolute Gasteiger partial charge is 0.0929 e. The van der Waals surface area contributed by atoms with E-state index in [4.69, 9.17) is 0 Å². The summed E-state index contributed by atoms with van der Waals surface area (Å²) in [5.74, 6) is 0. The maximum Gasteiger partial charge on any atom is 0.0929 e. The van der Waals surface area contributed by atoms with Crippen LogP contribution in [0.25, 0.3) is 6.08 Å². The van der Waals surface area contributed by atoms with Gasteiger partial charge in [-0.2, -0.15) is 0 Å². The van der Waals surface area contributed by atoms with Gasteiger partial charge in [-0.3, -0.25) is 0 Å². The second-order valence-electron chi connectivity index (χ2n) is 2.80. The number of H-pyrrole nitrogens is 1. The van der Waals surface area contributed by atoms with Crippen LogP contribution in [0, 0.1) is 6.92 Å². The van der Waals surface area contributed by atoms with Crippen LogP contribution in [0.2, 0.25) is 0 Å². The monoisotopic (exact) mass is 192 g/mol. The summed E-state index contributed by atoms with van der Waals surface area (Å²) in [6.45, 7) is 10.1. The summed E-state index contributed by atoms with van der Waals surface area (Å²) in [6.07, 6.45) is 7.86. The van der Waals surface area contributed by atoms with Crippen LogP contribution in [0.5, 0.6) is 0 Å². The van der Waals surface area contributed by atoms with Gasteiger partial charge in [0.05, 0.1) is 12.0 Å². The lowest BCUT2D eigenvalue weighted by Gasteiger charge is -1.91. The molecule has 2 heteroatoms. The summed E-state index contributed by atoms with van der Waals surface area (Å²) in [6, 6.07) is 0. The van der Waals surface area contributed by atoms with E-state index in [-0.39, 0.29) is 0 Å². The van der Waals surface area contributed by atoms with E-state index in [0.717, 1.165) is 11.4 Å². The van der Waals surface area contributed by atoms with Crippen LogP contribution in [-0.4, -0.2) is 9.97 Å². The Hall–Kier alpha value is -1.31. The highest BCUT2D eigenvalue weighted by Gasteiger charge is 1.95. The number of imidazole rings is 1. The molecule has 78 valence electrons. The molecule has 0 aromatic carbocycles. The predicted octanol–water partition coefficient (Wildman–Crippen LogP) is 3.72. The molecule has 0 bridgehead atoms. The standard InChI is InChI=1S/C10H14N2.C2H6/c1-4-5-8(2)6-10-9(3)11-7-12-10;1-2/h4-7H,1-3H3,(H,11,12);1-2H3/b5-4-,8-6-;. The van der Waals surface area contributed by atoms with Gasteiger partial charge in [0.2, 0.25) is 0 Å². The molecule has 14 heavy (non-hydrogen) atoms. The number of rotatable bonds is 2. The lowest BCUT2D eigenvalue weighted by Crippen LogP contribution is -1.77. The first kappa shape index (κ1) is 12.7. The first-order chi connectivity index (χ1) is 6.74. The van der Waals surface area contributed by atoms with E-state index in [1.807, 2.05) is 33.8 Å². The molecule has 1 aromatic rings. The Balaban J connectivity index is 0.000000791. The van der Waals surface area contributed by atoms with Gasteiger partial charge in [0.15, 0.2) is 0 Å². The molecular formula is C12H20N2. The number of allylic oxidation sites excluding steroid dienone is 3. The fraction of sp³-hybridized carbons (Fsp3) is 0.417. The molecule has 0 unspecified atom stereocenters. The van der Waals surface area contributed by atoms with E-state index < -0.39 is 0 Å².